The Morgan fingerprint density at radius 3 is 2.76 bits per heavy atom. The molecule has 84 valence electrons. The van der Waals surface area contributed by atoms with E-state index in [1.807, 2.05) is 36.4 Å². The van der Waals surface area contributed by atoms with E-state index in [2.05, 4.69) is 18.3 Å². The van der Waals surface area contributed by atoms with Crippen LogP contribution >= 0.6 is 11.3 Å². The first kappa shape index (κ1) is 10.3. The standard InChI is InChI=1S/C14H11NOS/c1-9-6-7-10(17-9)8-12-11-4-2-3-5-13(11)15-14(12)16/h2-8H,1H3,(H,15,16)/b12-8-. The van der Waals surface area contributed by atoms with Gasteiger partial charge in [-0.3, -0.25) is 4.79 Å². The van der Waals surface area contributed by atoms with Gasteiger partial charge in [-0.1, -0.05) is 18.2 Å². The van der Waals surface area contributed by atoms with Crippen LogP contribution in [0.2, 0.25) is 0 Å². The van der Waals surface area contributed by atoms with Gasteiger partial charge in [-0.05, 0) is 31.2 Å². The molecule has 0 atom stereocenters. The molecule has 0 aliphatic carbocycles. The van der Waals surface area contributed by atoms with E-state index in [4.69, 9.17) is 0 Å². The SMILES string of the molecule is Cc1ccc(/C=C2\C(=O)Nc3ccccc32)s1. The molecule has 17 heavy (non-hydrogen) atoms. The molecule has 1 amide bonds. The lowest BCUT2D eigenvalue weighted by Crippen LogP contribution is -2.03. The molecule has 3 heteroatoms. The van der Waals surface area contributed by atoms with E-state index in [0.29, 0.717) is 0 Å². The molecule has 1 N–H and O–H groups in total. The molecule has 3 rings (SSSR count). The van der Waals surface area contributed by atoms with Gasteiger partial charge in [-0.25, -0.2) is 0 Å². The quantitative estimate of drug-likeness (QED) is 0.760. The zero-order valence-corrected chi connectivity index (χ0v) is 10.2. The van der Waals surface area contributed by atoms with Crippen molar-refractivity contribution in [1.29, 1.82) is 0 Å². The van der Waals surface area contributed by atoms with Crippen LogP contribution in [-0.4, -0.2) is 5.91 Å². The molecule has 0 fully saturated rings. The summed E-state index contributed by atoms with van der Waals surface area (Å²) < 4.78 is 0. The topological polar surface area (TPSA) is 29.1 Å². The molecule has 1 aliphatic rings. The zero-order valence-electron chi connectivity index (χ0n) is 9.36. The third-order valence-electron chi connectivity index (χ3n) is 2.76. The molecule has 1 aromatic carbocycles. The van der Waals surface area contributed by atoms with Crippen LogP contribution < -0.4 is 5.32 Å². The van der Waals surface area contributed by atoms with Gasteiger partial charge < -0.3 is 5.32 Å². The van der Waals surface area contributed by atoms with Gasteiger partial charge in [0.2, 0.25) is 0 Å². The van der Waals surface area contributed by atoms with E-state index in [9.17, 15) is 4.79 Å². The zero-order chi connectivity index (χ0) is 11.8. The van der Waals surface area contributed by atoms with E-state index in [1.54, 1.807) is 11.3 Å². The van der Waals surface area contributed by atoms with Gasteiger partial charge in [0.15, 0.2) is 0 Å². The molecule has 0 saturated heterocycles. The van der Waals surface area contributed by atoms with Crippen LogP contribution in [0.25, 0.3) is 11.6 Å². The van der Waals surface area contributed by atoms with Gasteiger partial charge in [-0.2, -0.15) is 0 Å². The van der Waals surface area contributed by atoms with Crippen molar-refractivity contribution < 1.29 is 4.79 Å². The Hall–Kier alpha value is -1.87. The smallest absolute Gasteiger partial charge is 0.256 e. The van der Waals surface area contributed by atoms with Crippen molar-refractivity contribution in [3.8, 4) is 0 Å². The van der Waals surface area contributed by atoms with Crippen molar-refractivity contribution >= 4 is 34.6 Å². The van der Waals surface area contributed by atoms with Crippen molar-refractivity contribution in [3.05, 3.63) is 51.7 Å². The average Bonchev–Trinajstić information content (AvgIpc) is 2.85. The van der Waals surface area contributed by atoms with Crippen LogP contribution in [0.4, 0.5) is 5.69 Å². The molecule has 0 spiro atoms. The number of aryl methyl sites for hydroxylation is 1. The predicted octanol–water partition coefficient (Wildman–Crippen LogP) is 3.55. The second-order valence-electron chi connectivity index (χ2n) is 4.01. The Balaban J connectivity index is 2.09. The number of carbonyl (C=O) groups is 1. The molecule has 0 bridgehead atoms. The number of rotatable bonds is 1. The Kier molecular flexibility index (Phi) is 2.34. The number of para-hydroxylation sites is 1. The number of anilines is 1. The lowest BCUT2D eigenvalue weighted by molar-refractivity contribution is -0.110. The molecular weight excluding hydrogens is 230 g/mol. The predicted molar refractivity (Wildman–Crippen MR) is 72.0 cm³/mol. The molecule has 2 nitrogen and oxygen atoms in total. The molecular formula is C14H11NOS. The molecule has 1 aromatic heterocycles. The Morgan fingerprint density at radius 2 is 2.00 bits per heavy atom. The second-order valence-corrected chi connectivity index (χ2v) is 5.33. The molecule has 1 aliphatic heterocycles. The number of amides is 1. The summed E-state index contributed by atoms with van der Waals surface area (Å²) in [6, 6.07) is 11.9. The minimum Gasteiger partial charge on any atom is -0.321 e. The maximum absolute atomic E-state index is 11.9. The Bertz CT molecular complexity index is 625. The largest absolute Gasteiger partial charge is 0.321 e. The summed E-state index contributed by atoms with van der Waals surface area (Å²) in [6.45, 7) is 2.06. The molecule has 2 heterocycles. The van der Waals surface area contributed by atoms with Crippen LogP contribution in [0, 0.1) is 6.92 Å². The summed E-state index contributed by atoms with van der Waals surface area (Å²) in [5, 5.41) is 2.87. The van der Waals surface area contributed by atoms with Crippen molar-refractivity contribution in [2.24, 2.45) is 0 Å². The first-order valence-electron chi connectivity index (χ1n) is 5.43. The van der Waals surface area contributed by atoms with Crippen LogP contribution in [0.1, 0.15) is 15.3 Å². The van der Waals surface area contributed by atoms with Gasteiger partial charge in [0, 0.05) is 21.0 Å². The van der Waals surface area contributed by atoms with E-state index in [-0.39, 0.29) is 5.91 Å². The van der Waals surface area contributed by atoms with E-state index in [1.165, 1.54) is 4.88 Å². The first-order chi connectivity index (χ1) is 8.24. The van der Waals surface area contributed by atoms with Gasteiger partial charge in [-0.15, -0.1) is 11.3 Å². The van der Waals surface area contributed by atoms with Gasteiger partial charge >= 0.3 is 0 Å². The van der Waals surface area contributed by atoms with Crippen molar-refractivity contribution in [3.63, 3.8) is 0 Å². The highest BCUT2D eigenvalue weighted by molar-refractivity contribution is 7.12. The summed E-state index contributed by atoms with van der Waals surface area (Å²) in [5.41, 5.74) is 2.64. The third kappa shape index (κ3) is 1.78. The van der Waals surface area contributed by atoms with E-state index < -0.39 is 0 Å². The summed E-state index contributed by atoms with van der Waals surface area (Å²) >= 11 is 1.69. The maximum Gasteiger partial charge on any atom is 0.256 e. The number of thiophene rings is 1. The lowest BCUT2D eigenvalue weighted by Gasteiger charge is -1.95. The fourth-order valence-corrected chi connectivity index (χ4v) is 2.78. The fourth-order valence-electron chi connectivity index (χ4n) is 1.96. The van der Waals surface area contributed by atoms with Gasteiger partial charge in [0.1, 0.15) is 0 Å². The normalized spacial score (nSPS) is 16.1. The Labute approximate surface area is 104 Å². The molecule has 2 aromatic rings. The van der Waals surface area contributed by atoms with Crippen molar-refractivity contribution in [2.75, 3.05) is 5.32 Å². The first-order valence-corrected chi connectivity index (χ1v) is 6.24. The number of fused-ring (bicyclic) bond motifs is 1. The average molecular weight is 241 g/mol. The number of hydrogen-bond donors (Lipinski definition) is 1. The van der Waals surface area contributed by atoms with Crippen LogP contribution in [0.5, 0.6) is 0 Å². The molecule has 0 radical (unpaired) electrons. The highest BCUT2D eigenvalue weighted by Crippen LogP contribution is 2.33. The maximum atomic E-state index is 11.9. The van der Waals surface area contributed by atoms with Crippen LogP contribution in [0.15, 0.2) is 36.4 Å². The van der Waals surface area contributed by atoms with E-state index in [0.717, 1.165) is 21.7 Å². The van der Waals surface area contributed by atoms with Gasteiger partial charge in [0.05, 0.1) is 5.57 Å². The summed E-state index contributed by atoms with van der Waals surface area (Å²) in [7, 11) is 0. The van der Waals surface area contributed by atoms with Crippen molar-refractivity contribution in [2.45, 2.75) is 6.92 Å². The fraction of sp³-hybridized carbons (Fsp3) is 0.0714. The number of nitrogens with one attached hydrogen (secondary N) is 1. The third-order valence-corrected chi connectivity index (χ3v) is 3.71. The minimum absolute atomic E-state index is 0.0164. The van der Waals surface area contributed by atoms with E-state index >= 15 is 0 Å². The van der Waals surface area contributed by atoms with Crippen LogP contribution in [0.3, 0.4) is 0 Å². The highest BCUT2D eigenvalue weighted by Gasteiger charge is 2.23. The number of hydrogen-bond acceptors (Lipinski definition) is 2. The molecule has 0 saturated carbocycles. The van der Waals surface area contributed by atoms with Crippen LogP contribution in [-0.2, 0) is 4.79 Å². The summed E-state index contributed by atoms with van der Waals surface area (Å²) in [6.07, 6.45) is 1.96. The monoisotopic (exact) mass is 241 g/mol. The highest BCUT2D eigenvalue weighted by atomic mass is 32.1. The number of benzene rings is 1. The van der Waals surface area contributed by atoms with Crippen molar-refractivity contribution in [1.82, 2.24) is 0 Å². The minimum atomic E-state index is -0.0164. The summed E-state index contributed by atoms with van der Waals surface area (Å²) in [4.78, 5) is 14.2. The summed E-state index contributed by atoms with van der Waals surface area (Å²) in [5.74, 6) is -0.0164. The lowest BCUT2D eigenvalue weighted by atomic mass is 10.1. The van der Waals surface area contributed by atoms with Gasteiger partial charge in [0.25, 0.3) is 5.91 Å². The molecule has 0 unspecified atom stereocenters. The number of carbonyl (C=O) groups excluding carboxylic acids is 1. The second kappa shape index (κ2) is 3.86. The Morgan fingerprint density at radius 1 is 1.18 bits per heavy atom.